The van der Waals surface area contributed by atoms with Gasteiger partial charge in [-0.25, -0.2) is 0 Å². The van der Waals surface area contributed by atoms with Gasteiger partial charge in [-0.3, -0.25) is 0 Å². The minimum absolute atomic E-state index is 0.0878. The lowest BCUT2D eigenvalue weighted by Crippen LogP contribution is -2.36. The summed E-state index contributed by atoms with van der Waals surface area (Å²) in [5.41, 5.74) is 1.25. The van der Waals surface area contributed by atoms with Crippen LogP contribution in [-0.4, -0.2) is 24.4 Å². The van der Waals surface area contributed by atoms with E-state index in [0.29, 0.717) is 12.1 Å². The van der Waals surface area contributed by atoms with Gasteiger partial charge in [0.25, 0.3) is 0 Å². The van der Waals surface area contributed by atoms with Crippen LogP contribution in [0.1, 0.15) is 44.2 Å². The van der Waals surface area contributed by atoms with Gasteiger partial charge in [-0.1, -0.05) is 12.1 Å². The molecule has 1 aliphatic carbocycles. The van der Waals surface area contributed by atoms with E-state index in [1.54, 1.807) is 7.11 Å². The summed E-state index contributed by atoms with van der Waals surface area (Å²) in [6, 6.07) is 9.03. The molecule has 100 valence electrons. The van der Waals surface area contributed by atoms with E-state index in [2.05, 4.69) is 24.4 Å². The van der Waals surface area contributed by atoms with Crippen molar-refractivity contribution in [2.75, 3.05) is 7.11 Å². The van der Waals surface area contributed by atoms with Crippen molar-refractivity contribution in [3.8, 4) is 5.75 Å². The molecule has 2 rings (SSSR count). The molecule has 0 aromatic heterocycles. The van der Waals surface area contributed by atoms with Crippen LogP contribution in [0.4, 0.5) is 0 Å². The molecule has 0 spiro atoms. The molecule has 1 atom stereocenters. The summed E-state index contributed by atoms with van der Waals surface area (Å²) in [5, 5.41) is 13.1. The van der Waals surface area contributed by atoms with Gasteiger partial charge in [0.1, 0.15) is 5.75 Å². The van der Waals surface area contributed by atoms with Crippen LogP contribution in [0.25, 0.3) is 0 Å². The van der Waals surface area contributed by atoms with E-state index >= 15 is 0 Å². The van der Waals surface area contributed by atoms with Gasteiger partial charge in [0.2, 0.25) is 0 Å². The molecule has 0 amide bonds. The summed E-state index contributed by atoms with van der Waals surface area (Å²) in [6.07, 6.45) is 3.88. The molecule has 0 radical (unpaired) electrons. The Morgan fingerprint density at radius 3 is 2.67 bits per heavy atom. The molecule has 0 bridgehead atoms. The molecular formula is C15H23NO2. The van der Waals surface area contributed by atoms with E-state index in [1.807, 2.05) is 12.1 Å². The zero-order chi connectivity index (χ0) is 13.0. The maximum Gasteiger partial charge on any atom is 0.119 e. The average molecular weight is 249 g/mol. The summed E-state index contributed by atoms with van der Waals surface area (Å²) >= 11 is 0. The summed E-state index contributed by atoms with van der Waals surface area (Å²) in [7, 11) is 1.69. The van der Waals surface area contributed by atoms with Gasteiger partial charge in [-0.15, -0.1) is 0 Å². The fraction of sp³-hybridized carbons (Fsp3) is 0.600. The first-order valence-electron chi connectivity index (χ1n) is 6.77. The molecule has 1 saturated carbocycles. The molecule has 0 heterocycles. The fourth-order valence-electron chi connectivity index (χ4n) is 2.60. The lowest BCUT2D eigenvalue weighted by molar-refractivity contribution is 0.114. The first-order valence-corrected chi connectivity index (χ1v) is 6.77. The van der Waals surface area contributed by atoms with Gasteiger partial charge in [0.05, 0.1) is 13.2 Å². The van der Waals surface area contributed by atoms with Crippen LogP contribution in [0.5, 0.6) is 5.75 Å². The third-order valence-electron chi connectivity index (χ3n) is 3.78. The Labute approximate surface area is 109 Å². The quantitative estimate of drug-likeness (QED) is 0.862. The Morgan fingerprint density at radius 1 is 1.28 bits per heavy atom. The minimum atomic E-state index is -0.0878. The van der Waals surface area contributed by atoms with E-state index in [1.165, 1.54) is 5.56 Å². The third-order valence-corrected chi connectivity index (χ3v) is 3.78. The van der Waals surface area contributed by atoms with Gasteiger partial charge >= 0.3 is 0 Å². The van der Waals surface area contributed by atoms with Gasteiger partial charge < -0.3 is 15.2 Å². The van der Waals surface area contributed by atoms with E-state index in [9.17, 15) is 5.11 Å². The molecule has 1 aliphatic rings. The molecule has 3 nitrogen and oxygen atoms in total. The standard InChI is InChI=1S/C15H23NO2/c1-11(12-4-3-5-15(10-12)18-2)16-13-6-8-14(17)9-7-13/h3-5,10-11,13-14,16-17H,6-9H2,1-2H3. The maximum absolute atomic E-state index is 9.50. The van der Waals surface area contributed by atoms with Crippen molar-refractivity contribution in [3.63, 3.8) is 0 Å². The molecule has 1 aromatic carbocycles. The largest absolute Gasteiger partial charge is 0.497 e. The monoisotopic (exact) mass is 249 g/mol. The maximum atomic E-state index is 9.50. The average Bonchev–Trinajstić information content (AvgIpc) is 2.41. The molecule has 3 heteroatoms. The number of ether oxygens (including phenoxy) is 1. The normalized spacial score (nSPS) is 25.7. The molecule has 2 N–H and O–H groups in total. The van der Waals surface area contributed by atoms with Crippen molar-refractivity contribution in [2.45, 2.75) is 50.8 Å². The van der Waals surface area contributed by atoms with Crippen LogP contribution in [0, 0.1) is 0 Å². The van der Waals surface area contributed by atoms with Crippen molar-refractivity contribution >= 4 is 0 Å². The van der Waals surface area contributed by atoms with Crippen molar-refractivity contribution in [1.82, 2.24) is 5.32 Å². The minimum Gasteiger partial charge on any atom is -0.497 e. The molecule has 0 aliphatic heterocycles. The smallest absolute Gasteiger partial charge is 0.119 e. The van der Waals surface area contributed by atoms with Gasteiger partial charge in [-0.05, 0) is 50.3 Å². The summed E-state index contributed by atoms with van der Waals surface area (Å²) < 4.78 is 5.25. The van der Waals surface area contributed by atoms with Crippen LogP contribution in [0.2, 0.25) is 0 Å². The van der Waals surface area contributed by atoms with Crippen LogP contribution in [0.15, 0.2) is 24.3 Å². The SMILES string of the molecule is COc1cccc(C(C)NC2CCC(O)CC2)c1. The highest BCUT2D eigenvalue weighted by Crippen LogP contribution is 2.23. The van der Waals surface area contributed by atoms with Crippen molar-refractivity contribution in [2.24, 2.45) is 0 Å². The summed E-state index contributed by atoms with van der Waals surface area (Å²) in [4.78, 5) is 0. The van der Waals surface area contributed by atoms with Crippen molar-refractivity contribution in [1.29, 1.82) is 0 Å². The first kappa shape index (κ1) is 13.4. The second-order valence-electron chi connectivity index (χ2n) is 5.17. The van der Waals surface area contributed by atoms with E-state index in [4.69, 9.17) is 4.74 Å². The fourth-order valence-corrected chi connectivity index (χ4v) is 2.60. The zero-order valence-corrected chi connectivity index (χ0v) is 11.2. The number of nitrogens with one attached hydrogen (secondary N) is 1. The topological polar surface area (TPSA) is 41.5 Å². The van der Waals surface area contributed by atoms with Crippen LogP contribution in [-0.2, 0) is 0 Å². The second kappa shape index (κ2) is 6.21. The molecule has 18 heavy (non-hydrogen) atoms. The predicted molar refractivity (Wildman–Crippen MR) is 72.8 cm³/mol. The highest BCUT2D eigenvalue weighted by atomic mass is 16.5. The molecule has 1 fully saturated rings. The number of aliphatic hydroxyl groups is 1. The van der Waals surface area contributed by atoms with Crippen LogP contribution < -0.4 is 10.1 Å². The van der Waals surface area contributed by atoms with Crippen molar-refractivity contribution in [3.05, 3.63) is 29.8 Å². The van der Waals surface area contributed by atoms with Gasteiger partial charge in [0, 0.05) is 12.1 Å². The summed E-state index contributed by atoms with van der Waals surface area (Å²) in [5.74, 6) is 0.903. The Balaban J connectivity index is 1.92. The number of aliphatic hydroxyl groups excluding tert-OH is 1. The second-order valence-corrected chi connectivity index (χ2v) is 5.17. The third kappa shape index (κ3) is 3.47. The van der Waals surface area contributed by atoms with Gasteiger partial charge in [-0.2, -0.15) is 0 Å². The highest BCUT2D eigenvalue weighted by molar-refractivity contribution is 5.30. The number of hydrogen-bond donors (Lipinski definition) is 2. The number of benzene rings is 1. The lowest BCUT2D eigenvalue weighted by Gasteiger charge is -2.29. The Hall–Kier alpha value is -1.06. The van der Waals surface area contributed by atoms with Crippen molar-refractivity contribution < 1.29 is 9.84 Å². The Bertz CT molecular complexity index is 373. The van der Waals surface area contributed by atoms with E-state index < -0.39 is 0 Å². The number of rotatable bonds is 4. The van der Waals surface area contributed by atoms with Crippen LogP contribution >= 0.6 is 0 Å². The predicted octanol–water partition coefficient (Wildman–Crippen LogP) is 2.65. The molecule has 1 aromatic rings. The van der Waals surface area contributed by atoms with Crippen LogP contribution in [0.3, 0.4) is 0 Å². The highest BCUT2D eigenvalue weighted by Gasteiger charge is 2.20. The van der Waals surface area contributed by atoms with Gasteiger partial charge in [0.15, 0.2) is 0 Å². The number of methoxy groups -OCH3 is 1. The Morgan fingerprint density at radius 2 is 2.00 bits per heavy atom. The van der Waals surface area contributed by atoms with E-state index in [0.717, 1.165) is 31.4 Å². The molecular weight excluding hydrogens is 226 g/mol. The Kier molecular flexibility index (Phi) is 4.61. The molecule has 1 unspecified atom stereocenters. The van der Waals surface area contributed by atoms with E-state index in [-0.39, 0.29) is 6.10 Å². The lowest BCUT2D eigenvalue weighted by atomic mass is 9.92. The first-order chi connectivity index (χ1) is 8.69. The molecule has 0 saturated heterocycles. The zero-order valence-electron chi connectivity index (χ0n) is 11.2. The number of hydrogen-bond acceptors (Lipinski definition) is 3. The summed E-state index contributed by atoms with van der Waals surface area (Å²) in [6.45, 7) is 2.18.